The molecule has 0 atom stereocenters. The highest BCUT2D eigenvalue weighted by Gasteiger charge is 2.14. The van der Waals surface area contributed by atoms with Gasteiger partial charge in [-0.3, -0.25) is 0 Å². The fourth-order valence-electron chi connectivity index (χ4n) is 1.93. The van der Waals surface area contributed by atoms with Crippen LogP contribution < -0.4 is 4.74 Å². The van der Waals surface area contributed by atoms with E-state index in [2.05, 4.69) is 39.8 Å². The number of benzene rings is 1. The normalized spacial score (nSPS) is 11.5. The third-order valence-corrected chi connectivity index (χ3v) is 2.90. The lowest BCUT2D eigenvalue weighted by Crippen LogP contribution is -2.04. The average molecular weight is 262 g/mol. The van der Waals surface area contributed by atoms with Gasteiger partial charge in [0.2, 0.25) is 0 Å². The van der Waals surface area contributed by atoms with Crippen LogP contribution in [0, 0.1) is 0 Å². The van der Waals surface area contributed by atoms with E-state index in [0.29, 0.717) is 11.8 Å². The van der Waals surface area contributed by atoms with Crippen LogP contribution >= 0.6 is 0 Å². The van der Waals surface area contributed by atoms with Crippen molar-refractivity contribution >= 4 is 5.97 Å². The summed E-state index contributed by atoms with van der Waals surface area (Å²) in [4.78, 5) is 10.4. The predicted octanol–water partition coefficient (Wildman–Crippen LogP) is 3.95. The summed E-state index contributed by atoms with van der Waals surface area (Å²) in [5.74, 6) is 0.682. The number of carboxylic acid groups (broad SMARTS) is 1. The Kier molecular flexibility index (Phi) is 5.61. The molecule has 104 valence electrons. The summed E-state index contributed by atoms with van der Waals surface area (Å²) in [7, 11) is 0. The summed E-state index contributed by atoms with van der Waals surface area (Å²) in [6.45, 7) is 8.77. The first-order chi connectivity index (χ1) is 8.93. The minimum absolute atomic E-state index is 0.274. The SMILES string of the molecule is CC(C)c1cccc(C(C)C)c1OCC=CC(=O)O. The van der Waals surface area contributed by atoms with Crippen molar-refractivity contribution in [2.24, 2.45) is 0 Å². The van der Waals surface area contributed by atoms with Crippen LogP contribution in [0.25, 0.3) is 0 Å². The monoisotopic (exact) mass is 262 g/mol. The summed E-state index contributed by atoms with van der Waals surface area (Å²) in [5, 5.41) is 8.55. The number of hydrogen-bond acceptors (Lipinski definition) is 2. The van der Waals surface area contributed by atoms with E-state index in [4.69, 9.17) is 9.84 Å². The van der Waals surface area contributed by atoms with E-state index in [0.717, 1.165) is 23.0 Å². The highest BCUT2D eigenvalue weighted by Crippen LogP contribution is 2.34. The third-order valence-electron chi connectivity index (χ3n) is 2.90. The zero-order valence-corrected chi connectivity index (χ0v) is 12.0. The van der Waals surface area contributed by atoms with Crippen molar-refractivity contribution in [3.8, 4) is 5.75 Å². The van der Waals surface area contributed by atoms with Gasteiger partial charge in [-0.1, -0.05) is 45.9 Å². The van der Waals surface area contributed by atoms with Gasteiger partial charge in [0.05, 0.1) is 0 Å². The number of ether oxygens (including phenoxy) is 1. The lowest BCUT2D eigenvalue weighted by Gasteiger charge is -2.19. The van der Waals surface area contributed by atoms with Crippen molar-refractivity contribution in [2.75, 3.05) is 6.61 Å². The average Bonchev–Trinajstić information content (AvgIpc) is 2.33. The molecular formula is C16H22O3. The molecule has 0 saturated heterocycles. The second-order valence-corrected chi connectivity index (χ2v) is 5.13. The molecule has 0 amide bonds. The van der Waals surface area contributed by atoms with Gasteiger partial charge in [0, 0.05) is 6.08 Å². The van der Waals surface area contributed by atoms with Gasteiger partial charge in [0.25, 0.3) is 0 Å². The number of carboxylic acids is 1. The van der Waals surface area contributed by atoms with Gasteiger partial charge in [-0.05, 0) is 29.0 Å². The largest absolute Gasteiger partial charge is 0.489 e. The molecule has 0 aliphatic heterocycles. The van der Waals surface area contributed by atoms with Crippen molar-refractivity contribution in [1.82, 2.24) is 0 Å². The lowest BCUT2D eigenvalue weighted by atomic mass is 9.94. The van der Waals surface area contributed by atoms with Crippen LogP contribution in [-0.4, -0.2) is 17.7 Å². The zero-order chi connectivity index (χ0) is 14.4. The van der Waals surface area contributed by atoms with Crippen molar-refractivity contribution < 1.29 is 14.6 Å². The van der Waals surface area contributed by atoms with Gasteiger partial charge in [-0.25, -0.2) is 4.79 Å². The van der Waals surface area contributed by atoms with Gasteiger partial charge in [0.15, 0.2) is 0 Å². The van der Waals surface area contributed by atoms with E-state index in [-0.39, 0.29) is 6.61 Å². The minimum Gasteiger partial charge on any atom is -0.489 e. The van der Waals surface area contributed by atoms with Gasteiger partial charge in [0.1, 0.15) is 12.4 Å². The highest BCUT2D eigenvalue weighted by atomic mass is 16.5. The Hall–Kier alpha value is -1.77. The molecule has 19 heavy (non-hydrogen) atoms. The molecule has 1 N–H and O–H groups in total. The molecule has 3 nitrogen and oxygen atoms in total. The lowest BCUT2D eigenvalue weighted by molar-refractivity contribution is -0.131. The Morgan fingerprint density at radius 2 is 1.74 bits per heavy atom. The molecular weight excluding hydrogens is 240 g/mol. The number of rotatable bonds is 6. The molecule has 1 aromatic rings. The number of aliphatic carboxylic acids is 1. The van der Waals surface area contributed by atoms with E-state index in [1.807, 2.05) is 6.07 Å². The summed E-state index contributed by atoms with van der Waals surface area (Å²) >= 11 is 0. The third kappa shape index (κ3) is 4.43. The van der Waals surface area contributed by atoms with Crippen LogP contribution in [0.4, 0.5) is 0 Å². The van der Waals surface area contributed by atoms with Crippen LogP contribution in [-0.2, 0) is 4.79 Å². The molecule has 0 aromatic heterocycles. The van der Waals surface area contributed by atoms with Gasteiger partial charge >= 0.3 is 5.97 Å². The topological polar surface area (TPSA) is 46.5 Å². The van der Waals surface area contributed by atoms with Crippen LogP contribution in [0.3, 0.4) is 0 Å². The molecule has 0 saturated carbocycles. The van der Waals surface area contributed by atoms with Crippen molar-refractivity contribution in [3.63, 3.8) is 0 Å². The van der Waals surface area contributed by atoms with E-state index < -0.39 is 5.97 Å². The molecule has 0 fully saturated rings. The molecule has 0 spiro atoms. The number of para-hydroxylation sites is 1. The molecule has 1 rings (SSSR count). The Bertz CT molecular complexity index is 433. The molecule has 0 heterocycles. The smallest absolute Gasteiger partial charge is 0.328 e. The second-order valence-electron chi connectivity index (χ2n) is 5.13. The molecule has 0 radical (unpaired) electrons. The van der Waals surface area contributed by atoms with Crippen molar-refractivity contribution in [1.29, 1.82) is 0 Å². The molecule has 0 aliphatic carbocycles. The first-order valence-corrected chi connectivity index (χ1v) is 6.58. The minimum atomic E-state index is -0.954. The molecule has 1 aromatic carbocycles. The maximum Gasteiger partial charge on any atom is 0.328 e. The summed E-state index contributed by atoms with van der Waals surface area (Å²) in [6.07, 6.45) is 2.62. The van der Waals surface area contributed by atoms with E-state index in [1.54, 1.807) is 0 Å². The molecule has 3 heteroatoms. The first kappa shape index (κ1) is 15.3. The van der Waals surface area contributed by atoms with Crippen LogP contribution in [0.5, 0.6) is 5.75 Å². The van der Waals surface area contributed by atoms with E-state index >= 15 is 0 Å². The first-order valence-electron chi connectivity index (χ1n) is 6.58. The van der Waals surface area contributed by atoms with Crippen LogP contribution in [0.1, 0.15) is 50.7 Å². The van der Waals surface area contributed by atoms with Crippen molar-refractivity contribution in [3.05, 3.63) is 41.5 Å². The Labute approximate surface area is 114 Å². The van der Waals surface area contributed by atoms with Gasteiger partial charge in [-0.2, -0.15) is 0 Å². The Morgan fingerprint density at radius 3 is 2.16 bits per heavy atom. The highest BCUT2D eigenvalue weighted by molar-refractivity contribution is 5.79. The zero-order valence-electron chi connectivity index (χ0n) is 12.0. The fraction of sp³-hybridized carbons (Fsp3) is 0.438. The van der Waals surface area contributed by atoms with E-state index in [1.165, 1.54) is 6.08 Å². The second kappa shape index (κ2) is 6.98. The standard InChI is InChI=1S/C16H22O3/c1-11(2)13-7-5-8-14(12(3)4)16(13)19-10-6-9-15(17)18/h5-9,11-12H,10H2,1-4H3,(H,17,18). The fourth-order valence-corrected chi connectivity index (χ4v) is 1.93. The van der Waals surface area contributed by atoms with Crippen molar-refractivity contribution in [2.45, 2.75) is 39.5 Å². The predicted molar refractivity (Wildman–Crippen MR) is 76.9 cm³/mol. The molecule has 0 unspecified atom stereocenters. The number of carbonyl (C=O) groups is 1. The summed E-state index contributed by atoms with van der Waals surface area (Å²) in [6, 6.07) is 6.17. The van der Waals surface area contributed by atoms with Crippen LogP contribution in [0.15, 0.2) is 30.4 Å². The quantitative estimate of drug-likeness (QED) is 0.789. The van der Waals surface area contributed by atoms with Gasteiger partial charge < -0.3 is 9.84 Å². The van der Waals surface area contributed by atoms with Crippen LogP contribution in [0.2, 0.25) is 0 Å². The maximum atomic E-state index is 10.4. The molecule has 0 bridgehead atoms. The summed E-state index contributed by atoms with van der Waals surface area (Å²) in [5.41, 5.74) is 2.32. The Morgan fingerprint density at radius 1 is 1.21 bits per heavy atom. The molecule has 0 aliphatic rings. The number of hydrogen-bond donors (Lipinski definition) is 1. The Balaban J connectivity index is 2.98. The van der Waals surface area contributed by atoms with Gasteiger partial charge in [-0.15, -0.1) is 0 Å². The maximum absolute atomic E-state index is 10.4. The van der Waals surface area contributed by atoms with E-state index in [9.17, 15) is 4.79 Å². The summed E-state index contributed by atoms with van der Waals surface area (Å²) < 4.78 is 5.79.